The Kier molecular flexibility index (Phi) is 4.56. The summed E-state index contributed by atoms with van der Waals surface area (Å²) >= 11 is 0. The number of nitrogens with zero attached hydrogens (tertiary/aromatic N) is 1. The minimum atomic E-state index is 0.329. The Morgan fingerprint density at radius 1 is 1.38 bits per heavy atom. The molecule has 0 unspecified atom stereocenters. The number of rotatable bonds is 5. The molecule has 0 aliphatic carbocycles. The van der Waals surface area contributed by atoms with Crippen molar-refractivity contribution >= 4 is 0 Å². The Morgan fingerprint density at radius 2 is 2.06 bits per heavy atom. The lowest BCUT2D eigenvalue weighted by molar-refractivity contribution is 0.208. The van der Waals surface area contributed by atoms with Crippen molar-refractivity contribution in [2.24, 2.45) is 5.41 Å². The summed E-state index contributed by atoms with van der Waals surface area (Å²) in [5.41, 5.74) is 1.54. The van der Waals surface area contributed by atoms with E-state index in [4.69, 9.17) is 4.42 Å². The Labute approximate surface area is 98.8 Å². The lowest BCUT2D eigenvalue weighted by Crippen LogP contribution is -2.28. The van der Waals surface area contributed by atoms with Crippen molar-refractivity contribution in [3.05, 3.63) is 23.7 Å². The molecular weight excluding hydrogens is 200 g/mol. The largest absolute Gasteiger partial charge is 0.468 e. The number of nitrogens with one attached hydrogen (secondary N) is 1. The van der Waals surface area contributed by atoms with Gasteiger partial charge in [-0.25, -0.2) is 0 Å². The van der Waals surface area contributed by atoms with Crippen LogP contribution in [-0.4, -0.2) is 25.5 Å². The minimum absolute atomic E-state index is 0.329. The molecule has 1 aromatic rings. The zero-order valence-corrected chi connectivity index (χ0v) is 11.1. The van der Waals surface area contributed by atoms with Gasteiger partial charge in [0, 0.05) is 18.7 Å². The molecule has 0 spiro atoms. The van der Waals surface area contributed by atoms with E-state index in [-0.39, 0.29) is 0 Å². The van der Waals surface area contributed by atoms with Crippen molar-refractivity contribution in [3.63, 3.8) is 0 Å². The van der Waals surface area contributed by atoms with Crippen molar-refractivity contribution in [1.29, 1.82) is 0 Å². The van der Waals surface area contributed by atoms with Gasteiger partial charge in [-0.1, -0.05) is 20.8 Å². The Morgan fingerprint density at radius 3 is 2.62 bits per heavy atom. The van der Waals surface area contributed by atoms with Gasteiger partial charge in [0.1, 0.15) is 5.76 Å². The smallest absolute Gasteiger partial charge is 0.118 e. The molecule has 0 aliphatic heterocycles. The first kappa shape index (κ1) is 13.3. The molecule has 1 heterocycles. The van der Waals surface area contributed by atoms with Crippen molar-refractivity contribution < 1.29 is 4.42 Å². The Bertz CT molecular complexity index is 312. The van der Waals surface area contributed by atoms with E-state index >= 15 is 0 Å². The molecule has 0 saturated heterocycles. The summed E-state index contributed by atoms with van der Waals surface area (Å²) in [6, 6.07) is 2.12. The first-order chi connectivity index (χ1) is 7.40. The molecule has 3 heteroatoms. The van der Waals surface area contributed by atoms with Crippen LogP contribution in [-0.2, 0) is 13.1 Å². The lowest BCUT2D eigenvalue weighted by atomic mass is 9.96. The normalized spacial score (nSPS) is 12.4. The molecule has 0 amide bonds. The fraction of sp³-hybridized carbons (Fsp3) is 0.692. The van der Waals surface area contributed by atoms with Gasteiger partial charge in [0.2, 0.25) is 0 Å². The zero-order valence-electron chi connectivity index (χ0n) is 11.1. The number of hydrogen-bond acceptors (Lipinski definition) is 3. The van der Waals surface area contributed by atoms with E-state index in [9.17, 15) is 0 Å². The third kappa shape index (κ3) is 4.81. The highest BCUT2D eigenvalue weighted by Crippen LogP contribution is 2.16. The second kappa shape index (κ2) is 5.51. The number of hydrogen-bond donors (Lipinski definition) is 1. The summed E-state index contributed by atoms with van der Waals surface area (Å²) in [4.78, 5) is 2.29. The second-order valence-corrected chi connectivity index (χ2v) is 5.68. The van der Waals surface area contributed by atoms with Crippen LogP contribution >= 0.6 is 0 Å². The highest BCUT2D eigenvalue weighted by atomic mass is 16.3. The standard InChI is InChI=1S/C13H24N2O/c1-13(2,3)10-15(5)8-12-6-11(7-14-4)9-16-12/h6,9,14H,7-8,10H2,1-5H3. The van der Waals surface area contributed by atoms with Gasteiger partial charge >= 0.3 is 0 Å². The van der Waals surface area contributed by atoms with Crippen LogP contribution < -0.4 is 5.32 Å². The molecule has 0 atom stereocenters. The molecule has 1 rings (SSSR count). The molecule has 16 heavy (non-hydrogen) atoms. The van der Waals surface area contributed by atoms with Crippen molar-refractivity contribution in [3.8, 4) is 0 Å². The van der Waals surface area contributed by atoms with Gasteiger partial charge in [-0.15, -0.1) is 0 Å². The number of furan rings is 1. The van der Waals surface area contributed by atoms with Crippen molar-refractivity contribution in [2.75, 3.05) is 20.6 Å². The summed E-state index contributed by atoms with van der Waals surface area (Å²) in [6.07, 6.45) is 1.83. The maximum Gasteiger partial charge on any atom is 0.118 e. The third-order valence-electron chi connectivity index (χ3n) is 2.26. The molecule has 0 aromatic carbocycles. The van der Waals surface area contributed by atoms with Crippen LogP contribution in [0.25, 0.3) is 0 Å². The van der Waals surface area contributed by atoms with Crippen LogP contribution in [0.1, 0.15) is 32.1 Å². The van der Waals surface area contributed by atoms with Crippen LogP contribution in [0, 0.1) is 5.41 Å². The highest BCUT2D eigenvalue weighted by Gasteiger charge is 2.14. The predicted molar refractivity (Wildman–Crippen MR) is 67.3 cm³/mol. The van der Waals surface area contributed by atoms with Crippen LogP contribution in [0.3, 0.4) is 0 Å². The fourth-order valence-corrected chi connectivity index (χ4v) is 1.94. The van der Waals surface area contributed by atoms with Crippen LogP contribution in [0.5, 0.6) is 0 Å². The van der Waals surface area contributed by atoms with E-state index in [2.05, 4.69) is 44.1 Å². The van der Waals surface area contributed by atoms with Crippen LogP contribution in [0.2, 0.25) is 0 Å². The molecule has 0 saturated carbocycles. The van der Waals surface area contributed by atoms with Crippen molar-refractivity contribution in [1.82, 2.24) is 10.2 Å². The maximum absolute atomic E-state index is 5.52. The summed E-state index contributed by atoms with van der Waals surface area (Å²) in [5, 5.41) is 3.12. The van der Waals surface area contributed by atoms with E-state index in [1.807, 2.05) is 13.3 Å². The molecule has 0 fully saturated rings. The lowest BCUT2D eigenvalue weighted by Gasteiger charge is -2.25. The van der Waals surface area contributed by atoms with E-state index in [0.717, 1.165) is 25.4 Å². The third-order valence-corrected chi connectivity index (χ3v) is 2.26. The average Bonchev–Trinajstić information content (AvgIpc) is 2.49. The van der Waals surface area contributed by atoms with E-state index < -0.39 is 0 Å². The minimum Gasteiger partial charge on any atom is -0.468 e. The van der Waals surface area contributed by atoms with Gasteiger partial charge in [0.25, 0.3) is 0 Å². The highest BCUT2D eigenvalue weighted by molar-refractivity contribution is 5.12. The summed E-state index contributed by atoms with van der Waals surface area (Å²) in [5.74, 6) is 1.04. The van der Waals surface area contributed by atoms with E-state index in [1.165, 1.54) is 5.56 Å². The Balaban J connectivity index is 2.46. The molecule has 0 aliphatic rings. The first-order valence-electron chi connectivity index (χ1n) is 5.80. The first-order valence-corrected chi connectivity index (χ1v) is 5.80. The van der Waals surface area contributed by atoms with Crippen LogP contribution in [0.15, 0.2) is 16.7 Å². The van der Waals surface area contributed by atoms with Gasteiger partial charge in [-0.3, -0.25) is 4.90 Å². The van der Waals surface area contributed by atoms with Gasteiger partial charge in [0.15, 0.2) is 0 Å². The summed E-state index contributed by atoms with van der Waals surface area (Å²) in [6.45, 7) is 9.55. The van der Waals surface area contributed by atoms with Gasteiger partial charge in [-0.2, -0.15) is 0 Å². The monoisotopic (exact) mass is 224 g/mol. The molecule has 1 N–H and O–H groups in total. The van der Waals surface area contributed by atoms with Crippen molar-refractivity contribution in [2.45, 2.75) is 33.9 Å². The molecular formula is C13H24N2O. The summed E-state index contributed by atoms with van der Waals surface area (Å²) in [7, 11) is 4.07. The molecule has 92 valence electrons. The topological polar surface area (TPSA) is 28.4 Å². The molecule has 1 aromatic heterocycles. The average molecular weight is 224 g/mol. The molecule has 0 radical (unpaired) electrons. The SMILES string of the molecule is CNCc1coc(CN(C)CC(C)(C)C)c1. The van der Waals surface area contributed by atoms with Gasteiger partial charge in [0.05, 0.1) is 12.8 Å². The van der Waals surface area contributed by atoms with Gasteiger partial charge < -0.3 is 9.73 Å². The zero-order chi connectivity index (χ0) is 12.2. The maximum atomic E-state index is 5.52. The predicted octanol–water partition coefficient (Wildman–Crippen LogP) is 2.48. The molecule has 3 nitrogen and oxygen atoms in total. The second-order valence-electron chi connectivity index (χ2n) is 5.68. The Hall–Kier alpha value is -0.800. The fourth-order valence-electron chi connectivity index (χ4n) is 1.94. The van der Waals surface area contributed by atoms with E-state index in [1.54, 1.807) is 0 Å². The van der Waals surface area contributed by atoms with E-state index in [0.29, 0.717) is 5.41 Å². The van der Waals surface area contributed by atoms with Gasteiger partial charge in [-0.05, 0) is 25.6 Å². The van der Waals surface area contributed by atoms with Crippen LogP contribution in [0.4, 0.5) is 0 Å². The quantitative estimate of drug-likeness (QED) is 0.833. The molecule has 0 bridgehead atoms. The summed E-state index contributed by atoms with van der Waals surface area (Å²) < 4.78 is 5.52.